The SMILES string of the molecule is O=C(O)C[C@@]12O[C@H]3[C@H](O)[C@H](O)CCO[C@H]3C1CN[C@H]2C(=O)O. The number of aliphatic carboxylic acids is 2. The minimum atomic E-state index is -1.50. The van der Waals surface area contributed by atoms with Crippen molar-refractivity contribution >= 4 is 11.9 Å². The van der Waals surface area contributed by atoms with Crippen LogP contribution >= 0.6 is 0 Å². The highest BCUT2D eigenvalue weighted by Crippen LogP contribution is 2.48. The molecule has 3 saturated heterocycles. The molecule has 0 bridgehead atoms. The van der Waals surface area contributed by atoms with Crippen LogP contribution in [0.25, 0.3) is 0 Å². The van der Waals surface area contributed by atoms with Gasteiger partial charge >= 0.3 is 11.9 Å². The van der Waals surface area contributed by atoms with Gasteiger partial charge in [-0.15, -0.1) is 0 Å². The van der Waals surface area contributed by atoms with Crippen LogP contribution in [0.1, 0.15) is 12.8 Å². The molecular weight excluding hydrogens is 298 g/mol. The van der Waals surface area contributed by atoms with Gasteiger partial charge in [-0.05, 0) is 6.42 Å². The summed E-state index contributed by atoms with van der Waals surface area (Å²) in [7, 11) is 0. The molecule has 0 aromatic heterocycles. The molecule has 3 fully saturated rings. The second-order valence-electron chi connectivity index (χ2n) is 6.08. The van der Waals surface area contributed by atoms with Gasteiger partial charge in [0.1, 0.15) is 23.9 Å². The molecule has 0 amide bonds. The van der Waals surface area contributed by atoms with Crippen LogP contribution in [0.4, 0.5) is 0 Å². The Balaban J connectivity index is 1.97. The smallest absolute Gasteiger partial charge is 0.323 e. The summed E-state index contributed by atoms with van der Waals surface area (Å²) >= 11 is 0. The fourth-order valence-corrected chi connectivity index (χ4v) is 3.90. The quantitative estimate of drug-likeness (QED) is 0.391. The third-order valence-electron chi connectivity index (χ3n) is 4.86. The Morgan fingerprint density at radius 1 is 1.23 bits per heavy atom. The van der Waals surface area contributed by atoms with Crippen LogP contribution in [0.3, 0.4) is 0 Å². The number of carboxylic acids is 2. The van der Waals surface area contributed by atoms with Crippen LogP contribution in [0, 0.1) is 5.92 Å². The van der Waals surface area contributed by atoms with Gasteiger partial charge in [-0.1, -0.05) is 0 Å². The monoisotopic (exact) mass is 317 g/mol. The molecular formula is C13H19NO8. The summed E-state index contributed by atoms with van der Waals surface area (Å²) in [6.07, 6.45) is -4.15. The molecule has 124 valence electrons. The number of hydrogen-bond donors (Lipinski definition) is 5. The summed E-state index contributed by atoms with van der Waals surface area (Å²) in [6.45, 7) is 0.411. The molecule has 9 nitrogen and oxygen atoms in total. The fraction of sp³-hybridized carbons (Fsp3) is 0.846. The molecule has 3 aliphatic heterocycles. The first-order valence-electron chi connectivity index (χ1n) is 7.20. The van der Waals surface area contributed by atoms with E-state index in [1.54, 1.807) is 0 Å². The van der Waals surface area contributed by atoms with Crippen molar-refractivity contribution in [3.8, 4) is 0 Å². The molecule has 1 unspecified atom stereocenters. The van der Waals surface area contributed by atoms with E-state index in [1.807, 2.05) is 0 Å². The first-order chi connectivity index (χ1) is 10.4. The molecule has 22 heavy (non-hydrogen) atoms. The van der Waals surface area contributed by atoms with Gasteiger partial charge in [-0.3, -0.25) is 9.59 Å². The Morgan fingerprint density at radius 3 is 2.59 bits per heavy atom. The largest absolute Gasteiger partial charge is 0.481 e. The first kappa shape index (κ1) is 15.6. The van der Waals surface area contributed by atoms with Crippen molar-refractivity contribution < 1.29 is 39.5 Å². The Kier molecular flexibility index (Phi) is 3.86. The second kappa shape index (κ2) is 5.43. The normalized spacial score (nSPS) is 47.5. The number of carboxylic acid groups (broad SMARTS) is 2. The van der Waals surface area contributed by atoms with E-state index in [0.29, 0.717) is 0 Å². The van der Waals surface area contributed by atoms with Crippen molar-refractivity contribution in [1.29, 1.82) is 0 Å². The third-order valence-corrected chi connectivity index (χ3v) is 4.86. The zero-order valence-corrected chi connectivity index (χ0v) is 11.7. The summed E-state index contributed by atoms with van der Waals surface area (Å²) < 4.78 is 11.4. The molecule has 9 heteroatoms. The van der Waals surface area contributed by atoms with Crippen LogP contribution in [-0.2, 0) is 19.1 Å². The minimum absolute atomic E-state index is 0.195. The Bertz CT molecular complexity index is 485. The number of carbonyl (C=O) groups is 2. The number of nitrogens with one attached hydrogen (secondary N) is 1. The molecule has 5 N–H and O–H groups in total. The van der Waals surface area contributed by atoms with Crippen LogP contribution in [0.2, 0.25) is 0 Å². The maximum atomic E-state index is 11.5. The summed E-state index contributed by atoms with van der Waals surface area (Å²) in [4.78, 5) is 22.7. The molecule has 7 atom stereocenters. The predicted octanol–water partition coefficient (Wildman–Crippen LogP) is -2.22. The fourth-order valence-electron chi connectivity index (χ4n) is 3.90. The lowest BCUT2D eigenvalue weighted by Crippen LogP contribution is -2.53. The average Bonchev–Trinajstić information content (AvgIpc) is 2.87. The van der Waals surface area contributed by atoms with E-state index in [9.17, 15) is 24.9 Å². The van der Waals surface area contributed by atoms with Gasteiger partial charge in [0.2, 0.25) is 0 Å². The van der Waals surface area contributed by atoms with Crippen molar-refractivity contribution in [3.05, 3.63) is 0 Å². The first-order valence-corrected chi connectivity index (χ1v) is 7.20. The van der Waals surface area contributed by atoms with Gasteiger partial charge < -0.3 is 35.2 Å². The van der Waals surface area contributed by atoms with Crippen LogP contribution < -0.4 is 5.32 Å². The van der Waals surface area contributed by atoms with Crippen molar-refractivity contribution in [2.75, 3.05) is 13.2 Å². The minimum Gasteiger partial charge on any atom is -0.481 e. The van der Waals surface area contributed by atoms with E-state index in [-0.39, 0.29) is 19.6 Å². The van der Waals surface area contributed by atoms with Gasteiger partial charge in [0.05, 0.1) is 18.6 Å². The molecule has 3 aliphatic rings. The van der Waals surface area contributed by atoms with E-state index in [2.05, 4.69) is 5.32 Å². The Morgan fingerprint density at radius 2 is 1.95 bits per heavy atom. The molecule has 0 aromatic carbocycles. The van der Waals surface area contributed by atoms with E-state index in [1.165, 1.54) is 0 Å². The highest BCUT2D eigenvalue weighted by Gasteiger charge is 2.67. The molecule has 0 aliphatic carbocycles. The number of aliphatic hydroxyl groups is 2. The van der Waals surface area contributed by atoms with E-state index in [0.717, 1.165) is 0 Å². The predicted molar refractivity (Wildman–Crippen MR) is 69.1 cm³/mol. The number of rotatable bonds is 3. The lowest BCUT2D eigenvalue weighted by Gasteiger charge is -2.32. The summed E-state index contributed by atoms with van der Waals surface area (Å²) in [5, 5.41) is 41.3. The molecule has 0 spiro atoms. The summed E-state index contributed by atoms with van der Waals surface area (Å²) in [6, 6.07) is -1.20. The van der Waals surface area contributed by atoms with Crippen LogP contribution in [-0.4, -0.2) is 81.6 Å². The van der Waals surface area contributed by atoms with Gasteiger partial charge in [-0.2, -0.15) is 0 Å². The number of ether oxygens (including phenoxy) is 2. The van der Waals surface area contributed by atoms with Crippen molar-refractivity contribution in [2.45, 2.75) is 48.9 Å². The molecule has 0 radical (unpaired) electrons. The Hall–Kier alpha value is -1.26. The summed E-state index contributed by atoms with van der Waals surface area (Å²) in [5.74, 6) is -2.92. The highest BCUT2D eigenvalue weighted by atomic mass is 16.6. The number of fused-ring (bicyclic) bond motifs is 3. The van der Waals surface area contributed by atoms with Gasteiger partial charge in [0.25, 0.3) is 0 Å². The molecule has 0 aromatic rings. The maximum absolute atomic E-state index is 11.5. The van der Waals surface area contributed by atoms with Gasteiger partial charge in [0, 0.05) is 19.1 Å². The van der Waals surface area contributed by atoms with Gasteiger partial charge in [0.15, 0.2) is 0 Å². The molecule has 0 saturated carbocycles. The average molecular weight is 317 g/mol. The number of aliphatic hydroxyl groups excluding tert-OH is 2. The van der Waals surface area contributed by atoms with Crippen LogP contribution in [0.15, 0.2) is 0 Å². The highest BCUT2D eigenvalue weighted by molar-refractivity contribution is 5.79. The molecule has 3 heterocycles. The standard InChI is InChI=1S/C13H19NO8/c15-6-1-2-21-9-5-4-14-11(12(19)20)13(5,3-7(16)17)22-10(9)8(6)18/h5-6,8-11,14-15,18H,1-4H2,(H,16,17)(H,19,20)/t5?,6-,8-,9+,10+,11+,13-/m1/s1. The zero-order valence-electron chi connectivity index (χ0n) is 11.7. The Labute approximate surface area is 125 Å². The van der Waals surface area contributed by atoms with E-state index < -0.39 is 60.3 Å². The lowest BCUT2D eigenvalue weighted by molar-refractivity contribution is -0.166. The molecule has 3 rings (SSSR count). The maximum Gasteiger partial charge on any atom is 0.323 e. The van der Waals surface area contributed by atoms with Crippen molar-refractivity contribution in [2.24, 2.45) is 5.92 Å². The zero-order chi connectivity index (χ0) is 16.1. The third kappa shape index (κ3) is 2.20. The van der Waals surface area contributed by atoms with Crippen molar-refractivity contribution in [3.63, 3.8) is 0 Å². The number of hydrogen-bond acceptors (Lipinski definition) is 7. The van der Waals surface area contributed by atoms with E-state index >= 15 is 0 Å². The van der Waals surface area contributed by atoms with Gasteiger partial charge in [-0.25, -0.2) is 0 Å². The van der Waals surface area contributed by atoms with E-state index in [4.69, 9.17) is 14.6 Å². The lowest BCUT2D eigenvalue weighted by atomic mass is 9.80. The van der Waals surface area contributed by atoms with Crippen LogP contribution in [0.5, 0.6) is 0 Å². The van der Waals surface area contributed by atoms with Crippen molar-refractivity contribution in [1.82, 2.24) is 5.32 Å². The summed E-state index contributed by atoms with van der Waals surface area (Å²) in [5.41, 5.74) is -1.50. The second-order valence-corrected chi connectivity index (χ2v) is 6.08. The topological polar surface area (TPSA) is 146 Å².